The maximum atomic E-state index is 10.3. The number of aromatic nitrogens is 4. The van der Waals surface area contributed by atoms with Crippen LogP contribution in [0.4, 0.5) is 0 Å². The molecular weight excluding hydrogens is 1130 g/mol. The standard InChI is InChI=1S/C86H76N4OSi/c1-84(2,3)60-42-40-59(41-43-60)75-52-62(86(7,8)9)53-77-72-37-22-20-35-70(72)69-34-19-21-36-71(69)76-50-58(47-49-92(66-28-13-10-14-29-66,67-30-15-11-16-31-67)68-32-17-12-18-33-68)51-80-83(76)89(82(75)77)57-88(80)63-26-25-27-64(55-63)91-65-44-45-74-73-38-23-24-39-78(73)90(79(74)56-65)81-54-61(46-48-87-81)85(4,5)6/h10-46,48,50-56H,47,49H2,1-9H3/i10D,11D,12D,13D,14D,15D,16D,17D,18D,19D,20D,21D,22D,28D,29D,30D,31D,32D,33D,34D,35D,36D,37D. The predicted octanol–water partition coefficient (Wildman–Crippen LogP) is 19.6. The van der Waals surface area contributed by atoms with Crippen LogP contribution in [-0.4, -0.2) is 22.2 Å². The molecule has 1 aliphatic rings. The molecule has 0 saturated carbocycles. The minimum atomic E-state index is -5.57. The maximum Gasteiger partial charge on any atom is 0.269 e. The van der Waals surface area contributed by atoms with E-state index in [4.69, 9.17) is 13.8 Å². The lowest BCUT2D eigenvalue weighted by Crippen LogP contribution is -2.67. The van der Waals surface area contributed by atoms with E-state index in [-0.39, 0.29) is 66.5 Å². The number of rotatable bonds is 11. The van der Waals surface area contributed by atoms with Gasteiger partial charge in [-0.05, 0) is 160 Å². The highest BCUT2D eigenvalue weighted by Gasteiger charge is 2.39. The SMILES string of the molecule is [2H]c1c([2H])c([2H])c([Si](CCc2cc3c4c(c2)n(-c2cccc(Oc5ccc6c7ccccc7n(-c7cc(C(C)(C)C)ccn7)c6c5)c2)[c-][n+]4-c2c(-c4ccc(C(C)(C)C)cc4)cc(C(C)(C)C)cc2-c2c([2H])c([2H])c([2H])c([2H])c2-c2c([2H])c([2H])c([2H])c([2H])c2-3)(c2c([2H])c([2H])c([2H])c([2H])c2[2H])c2c([2H])c([2H])c([2H])c([2H])c2[2H])c([2H])c1[2H]. The Hall–Kier alpha value is -10.1. The predicted molar refractivity (Wildman–Crippen MR) is 386 cm³/mol. The lowest BCUT2D eigenvalue weighted by molar-refractivity contribution is -0.570. The van der Waals surface area contributed by atoms with E-state index >= 15 is 0 Å². The zero-order valence-corrected chi connectivity index (χ0v) is 53.3. The summed E-state index contributed by atoms with van der Waals surface area (Å²) >= 11 is 0. The molecule has 0 radical (unpaired) electrons. The van der Waals surface area contributed by atoms with Gasteiger partial charge >= 0.3 is 0 Å². The molecule has 450 valence electrons. The summed E-state index contributed by atoms with van der Waals surface area (Å²) in [6.45, 7) is 18.6. The molecule has 92 heavy (non-hydrogen) atoms. The molecule has 15 rings (SSSR count). The fourth-order valence-corrected chi connectivity index (χ4v) is 16.6. The number of aryl methyl sites for hydroxylation is 1. The fraction of sp³-hybridized carbons (Fsp3) is 0.163. The van der Waals surface area contributed by atoms with Gasteiger partial charge in [0.25, 0.3) is 6.33 Å². The Kier molecular flexibility index (Phi) is 9.33. The number of para-hydroxylation sites is 1. The average Bonchev–Trinajstić information content (AvgIpc) is 1.69. The van der Waals surface area contributed by atoms with Gasteiger partial charge in [-0.15, -0.1) is 0 Å². The molecule has 0 unspecified atom stereocenters. The van der Waals surface area contributed by atoms with E-state index in [1.807, 2.05) is 106 Å². The van der Waals surface area contributed by atoms with E-state index in [9.17, 15) is 27.4 Å². The molecule has 0 fully saturated rings. The Balaban J connectivity index is 1.10. The van der Waals surface area contributed by atoms with Crippen molar-refractivity contribution in [3.63, 3.8) is 0 Å². The molecule has 4 heterocycles. The van der Waals surface area contributed by atoms with Crippen LogP contribution in [0.3, 0.4) is 0 Å². The van der Waals surface area contributed by atoms with Crippen LogP contribution in [0, 0.1) is 6.33 Å². The molecule has 14 aromatic rings. The number of benzene rings is 11. The van der Waals surface area contributed by atoms with Gasteiger partial charge in [-0.1, -0.05) is 274 Å². The molecule has 6 heteroatoms. The van der Waals surface area contributed by atoms with Crippen LogP contribution in [0.5, 0.6) is 11.5 Å². The number of pyridine rings is 1. The number of nitrogens with zero attached hydrogens (tertiary/aromatic N) is 4. The molecule has 0 amide bonds. The first-order chi connectivity index (χ1) is 54.0. The number of hydrogen-bond acceptors (Lipinski definition) is 2. The molecule has 11 aromatic carbocycles. The molecule has 0 N–H and O–H groups in total. The maximum absolute atomic E-state index is 10.3. The molecular formula is C86H76N4OSi. The quantitative estimate of drug-likeness (QED) is 0.0560. The summed E-state index contributed by atoms with van der Waals surface area (Å²) in [6, 6.07) is 19.7. The number of ether oxygens (including phenoxy) is 1. The largest absolute Gasteiger partial charge is 0.458 e. The van der Waals surface area contributed by atoms with Crippen molar-refractivity contribution in [2.45, 2.75) is 91.0 Å². The second-order valence-electron chi connectivity index (χ2n) is 26.5. The van der Waals surface area contributed by atoms with Crippen molar-refractivity contribution in [1.29, 1.82) is 0 Å². The van der Waals surface area contributed by atoms with E-state index in [0.29, 0.717) is 39.7 Å². The third-order valence-electron chi connectivity index (χ3n) is 17.6. The lowest BCUT2D eigenvalue weighted by atomic mass is 9.80. The molecule has 0 aliphatic carbocycles. The second-order valence-corrected chi connectivity index (χ2v) is 30.3. The molecule has 0 saturated heterocycles. The van der Waals surface area contributed by atoms with E-state index in [2.05, 4.69) is 58.5 Å². The average molecular weight is 1230 g/mol. The Morgan fingerprint density at radius 2 is 1.01 bits per heavy atom. The van der Waals surface area contributed by atoms with Crippen LogP contribution in [0.15, 0.2) is 273 Å². The second kappa shape index (κ2) is 22.7. The van der Waals surface area contributed by atoms with Crippen molar-refractivity contribution in [1.82, 2.24) is 14.1 Å². The summed E-state index contributed by atoms with van der Waals surface area (Å²) in [7, 11) is -5.57. The summed E-state index contributed by atoms with van der Waals surface area (Å²) in [5.41, 5.74) is 4.61. The van der Waals surface area contributed by atoms with Crippen molar-refractivity contribution < 1.29 is 40.8 Å². The molecule has 1 aliphatic heterocycles. The highest BCUT2D eigenvalue weighted by atomic mass is 28.3. The van der Waals surface area contributed by atoms with Gasteiger partial charge in [0.1, 0.15) is 25.4 Å². The van der Waals surface area contributed by atoms with Crippen molar-refractivity contribution in [3.05, 3.63) is 301 Å². The zero-order valence-electron chi connectivity index (χ0n) is 75.3. The third-order valence-corrected chi connectivity index (χ3v) is 21.9. The van der Waals surface area contributed by atoms with E-state index in [0.717, 1.165) is 32.9 Å². The fourth-order valence-electron chi connectivity index (χ4n) is 12.8. The van der Waals surface area contributed by atoms with Gasteiger partial charge in [0.2, 0.25) is 0 Å². The van der Waals surface area contributed by atoms with E-state index in [1.165, 1.54) is 0 Å². The normalized spacial score (nSPS) is 16.0. The molecule has 0 atom stereocenters. The highest BCUT2D eigenvalue weighted by molar-refractivity contribution is 7.11. The Morgan fingerprint density at radius 3 is 1.63 bits per heavy atom. The Morgan fingerprint density at radius 1 is 0.457 bits per heavy atom. The summed E-state index contributed by atoms with van der Waals surface area (Å²) < 4.78 is 233. The van der Waals surface area contributed by atoms with E-state index in [1.54, 1.807) is 51.7 Å². The van der Waals surface area contributed by atoms with Crippen LogP contribution in [0.1, 0.15) is 116 Å². The first-order valence-electron chi connectivity index (χ1n) is 42.1. The van der Waals surface area contributed by atoms with Crippen molar-refractivity contribution in [3.8, 4) is 73.2 Å². The monoisotopic (exact) mass is 1230 g/mol. The van der Waals surface area contributed by atoms with Crippen LogP contribution in [-0.2, 0) is 22.7 Å². The number of imidazole rings is 1. The Labute approximate surface area is 574 Å². The van der Waals surface area contributed by atoms with Crippen LogP contribution < -0.4 is 24.9 Å². The minimum Gasteiger partial charge on any atom is -0.458 e. The number of hydrogen-bond donors (Lipinski definition) is 0. The minimum absolute atomic E-state index is 0.0241. The van der Waals surface area contributed by atoms with Gasteiger partial charge in [0.05, 0.1) is 65.0 Å². The van der Waals surface area contributed by atoms with E-state index < -0.39 is 180 Å². The first-order valence-corrected chi connectivity index (χ1v) is 32.8. The van der Waals surface area contributed by atoms with Gasteiger partial charge in [-0.3, -0.25) is 13.7 Å². The topological polar surface area (TPSA) is 35.9 Å². The van der Waals surface area contributed by atoms with Crippen LogP contribution in [0.2, 0.25) is 6.04 Å². The Bertz CT molecular complexity index is 6320. The van der Waals surface area contributed by atoms with Gasteiger partial charge in [-0.2, -0.15) is 0 Å². The lowest BCUT2D eigenvalue weighted by Gasteiger charge is -2.34. The third kappa shape index (κ3) is 10.3. The molecule has 3 aromatic heterocycles. The summed E-state index contributed by atoms with van der Waals surface area (Å²) in [4.78, 5) is 4.89. The molecule has 0 spiro atoms. The summed E-state index contributed by atoms with van der Waals surface area (Å²) in [5.74, 6) is 1.42. The van der Waals surface area contributed by atoms with Gasteiger partial charge in [0, 0.05) is 23.0 Å². The number of fused-ring (bicyclic) bond motifs is 10. The van der Waals surface area contributed by atoms with Gasteiger partial charge in [-0.25, -0.2) is 4.98 Å². The van der Waals surface area contributed by atoms with Crippen LogP contribution >= 0.6 is 0 Å². The smallest absolute Gasteiger partial charge is 0.269 e. The van der Waals surface area contributed by atoms with Crippen LogP contribution in [0.25, 0.3) is 94.5 Å². The van der Waals surface area contributed by atoms with Crippen molar-refractivity contribution in [2.24, 2.45) is 0 Å². The first kappa shape index (κ1) is 37.9. The molecule has 5 nitrogen and oxygen atoms in total. The van der Waals surface area contributed by atoms with Crippen molar-refractivity contribution >= 4 is 56.5 Å². The summed E-state index contributed by atoms with van der Waals surface area (Å²) in [6.07, 6.45) is 4.98. The highest BCUT2D eigenvalue weighted by Crippen LogP contribution is 2.48. The van der Waals surface area contributed by atoms with Gasteiger partial charge in [0.15, 0.2) is 0 Å². The van der Waals surface area contributed by atoms with Crippen molar-refractivity contribution in [2.75, 3.05) is 0 Å². The zero-order chi connectivity index (χ0) is 83.1. The summed E-state index contributed by atoms with van der Waals surface area (Å²) in [5, 5.41) is -0.137. The van der Waals surface area contributed by atoms with Gasteiger partial charge < -0.3 is 4.74 Å². The molecule has 0 bridgehead atoms.